The first-order chi connectivity index (χ1) is 6.20. The van der Waals surface area contributed by atoms with E-state index in [0.717, 1.165) is 11.4 Å². The number of hydrazone groups is 1. The van der Waals surface area contributed by atoms with E-state index in [2.05, 4.69) is 31.1 Å². The molecule has 4 nitrogen and oxygen atoms in total. The van der Waals surface area contributed by atoms with Gasteiger partial charge in [-0.3, -0.25) is 0 Å². The molecule has 13 heavy (non-hydrogen) atoms. The molecule has 0 aromatic carbocycles. The van der Waals surface area contributed by atoms with Crippen molar-refractivity contribution < 1.29 is 0 Å². The first kappa shape index (κ1) is 9.89. The van der Waals surface area contributed by atoms with Crippen molar-refractivity contribution >= 4 is 26.0 Å². The summed E-state index contributed by atoms with van der Waals surface area (Å²) in [5.74, 6) is 0. The maximum absolute atomic E-state index is 5.34. The van der Waals surface area contributed by atoms with Gasteiger partial charge < -0.3 is 0 Å². The second kappa shape index (κ2) is 4.74. The van der Waals surface area contributed by atoms with E-state index < -0.39 is 0 Å². The fourth-order valence-corrected chi connectivity index (χ4v) is 0.869. The average molecular weight is 241 g/mol. The summed E-state index contributed by atoms with van der Waals surface area (Å²) in [6.45, 7) is 1.86. The van der Waals surface area contributed by atoms with Crippen LogP contribution in [0, 0.1) is 0 Å². The van der Waals surface area contributed by atoms with Crippen LogP contribution in [0.15, 0.2) is 29.5 Å². The fraction of sp³-hybridized carbons (Fsp3) is 0.125. The molecule has 1 heterocycles. The van der Waals surface area contributed by atoms with Crippen molar-refractivity contribution in [2.45, 2.75) is 6.92 Å². The molecular weight excluding hydrogens is 231 g/mol. The van der Waals surface area contributed by atoms with Gasteiger partial charge >= 0.3 is 84.2 Å². The SMILES string of the molecule is CC(=NNC(N)=[Se])c1ccccn1. The Kier molecular flexibility index (Phi) is 3.61. The Morgan fingerprint density at radius 2 is 2.38 bits per heavy atom. The molecule has 0 atom stereocenters. The van der Waals surface area contributed by atoms with Gasteiger partial charge in [-0.1, -0.05) is 0 Å². The number of nitrogens with zero attached hydrogens (tertiary/aromatic N) is 2. The summed E-state index contributed by atoms with van der Waals surface area (Å²) in [5, 5.41) is 4.00. The molecule has 0 fully saturated rings. The maximum atomic E-state index is 5.34. The molecule has 1 aromatic rings. The number of hydrogen-bond acceptors (Lipinski definition) is 4. The quantitative estimate of drug-likeness (QED) is 0.430. The van der Waals surface area contributed by atoms with Gasteiger partial charge in [0.05, 0.1) is 0 Å². The van der Waals surface area contributed by atoms with Crippen LogP contribution in [0.1, 0.15) is 12.6 Å². The molecule has 0 aliphatic rings. The number of nitrogens with one attached hydrogen (secondary N) is 1. The molecule has 0 amide bonds. The molecule has 68 valence electrons. The van der Waals surface area contributed by atoms with E-state index in [0.29, 0.717) is 4.67 Å². The standard InChI is InChI=1S/C8H10N4Se/c1-6(11-12-8(9)13)7-4-2-3-5-10-7/h2-5H,1H3,(H3,9,12,13). The van der Waals surface area contributed by atoms with Gasteiger partial charge in [-0.2, -0.15) is 0 Å². The molecule has 0 aliphatic carbocycles. The third-order valence-corrected chi connectivity index (χ3v) is 1.56. The van der Waals surface area contributed by atoms with E-state index in [-0.39, 0.29) is 0 Å². The summed E-state index contributed by atoms with van der Waals surface area (Å²) in [7, 11) is 0. The van der Waals surface area contributed by atoms with Crippen molar-refractivity contribution in [1.29, 1.82) is 0 Å². The topological polar surface area (TPSA) is 63.3 Å². The van der Waals surface area contributed by atoms with Crippen molar-refractivity contribution in [3.05, 3.63) is 30.1 Å². The second-order valence-electron chi connectivity index (χ2n) is 2.39. The van der Waals surface area contributed by atoms with Gasteiger partial charge in [-0.05, 0) is 0 Å². The number of rotatable bonds is 3. The van der Waals surface area contributed by atoms with Gasteiger partial charge in [-0.15, -0.1) is 0 Å². The molecule has 0 bridgehead atoms. The normalized spacial score (nSPS) is 11.0. The number of hydrogen-bond donors (Lipinski definition) is 2. The van der Waals surface area contributed by atoms with Crippen LogP contribution in [0.4, 0.5) is 0 Å². The monoisotopic (exact) mass is 242 g/mol. The Morgan fingerprint density at radius 3 is 2.92 bits per heavy atom. The Bertz CT molecular complexity index is 320. The molecule has 1 rings (SSSR count). The molecule has 0 saturated heterocycles. The van der Waals surface area contributed by atoms with E-state index in [1.165, 1.54) is 0 Å². The summed E-state index contributed by atoms with van der Waals surface area (Å²) in [5.41, 5.74) is 9.59. The Hall–Kier alpha value is -1.19. The minimum atomic E-state index is 0.440. The van der Waals surface area contributed by atoms with Crippen LogP contribution < -0.4 is 11.2 Å². The molecular formula is C8H10N4Se. The van der Waals surface area contributed by atoms with Crippen LogP contribution in [0.3, 0.4) is 0 Å². The Balaban J connectivity index is 2.73. The van der Waals surface area contributed by atoms with Crippen LogP contribution in [-0.4, -0.2) is 30.9 Å². The van der Waals surface area contributed by atoms with E-state index in [1.54, 1.807) is 6.20 Å². The summed E-state index contributed by atoms with van der Waals surface area (Å²) in [4.78, 5) is 4.13. The second-order valence-corrected chi connectivity index (χ2v) is 3.31. The first-order valence-electron chi connectivity index (χ1n) is 3.71. The molecule has 0 spiro atoms. The zero-order valence-corrected chi connectivity index (χ0v) is 8.90. The molecule has 0 aliphatic heterocycles. The van der Waals surface area contributed by atoms with Gasteiger partial charge in [0.1, 0.15) is 0 Å². The first-order valence-corrected chi connectivity index (χ1v) is 4.57. The third-order valence-electron chi connectivity index (χ3n) is 1.37. The van der Waals surface area contributed by atoms with Gasteiger partial charge in [0, 0.05) is 0 Å². The van der Waals surface area contributed by atoms with E-state index >= 15 is 0 Å². The van der Waals surface area contributed by atoms with Gasteiger partial charge in [0.25, 0.3) is 0 Å². The van der Waals surface area contributed by atoms with Crippen LogP contribution in [0.25, 0.3) is 0 Å². The van der Waals surface area contributed by atoms with Crippen LogP contribution in [0.5, 0.6) is 0 Å². The van der Waals surface area contributed by atoms with Gasteiger partial charge in [0.15, 0.2) is 0 Å². The number of nitrogens with two attached hydrogens (primary N) is 1. The van der Waals surface area contributed by atoms with Crippen molar-refractivity contribution in [3.8, 4) is 0 Å². The van der Waals surface area contributed by atoms with Gasteiger partial charge in [-0.25, -0.2) is 0 Å². The molecule has 5 heteroatoms. The van der Waals surface area contributed by atoms with Gasteiger partial charge in [0.2, 0.25) is 0 Å². The summed E-state index contributed by atoms with van der Waals surface area (Å²) >= 11 is 2.60. The van der Waals surface area contributed by atoms with E-state index in [1.807, 2.05) is 25.1 Å². The number of aromatic nitrogens is 1. The molecule has 0 saturated carbocycles. The molecule has 3 N–H and O–H groups in total. The number of pyridine rings is 1. The van der Waals surface area contributed by atoms with Crippen molar-refractivity contribution in [2.24, 2.45) is 10.8 Å². The van der Waals surface area contributed by atoms with Crippen molar-refractivity contribution in [3.63, 3.8) is 0 Å². The summed E-state index contributed by atoms with van der Waals surface area (Å²) in [6, 6.07) is 5.65. The fourth-order valence-electron chi connectivity index (χ4n) is 0.773. The van der Waals surface area contributed by atoms with E-state index in [4.69, 9.17) is 5.73 Å². The zero-order chi connectivity index (χ0) is 9.68. The third kappa shape index (κ3) is 3.36. The Morgan fingerprint density at radius 1 is 1.62 bits per heavy atom. The van der Waals surface area contributed by atoms with E-state index in [9.17, 15) is 0 Å². The van der Waals surface area contributed by atoms with Crippen LogP contribution in [0.2, 0.25) is 0 Å². The predicted molar refractivity (Wildman–Crippen MR) is 54.5 cm³/mol. The van der Waals surface area contributed by atoms with Crippen LogP contribution >= 0.6 is 0 Å². The Labute approximate surface area is 84.6 Å². The predicted octanol–water partition coefficient (Wildman–Crippen LogP) is -0.390. The zero-order valence-electron chi connectivity index (χ0n) is 7.19. The molecule has 0 radical (unpaired) electrons. The van der Waals surface area contributed by atoms with Crippen molar-refractivity contribution in [1.82, 2.24) is 10.4 Å². The van der Waals surface area contributed by atoms with Crippen molar-refractivity contribution in [2.75, 3.05) is 0 Å². The summed E-state index contributed by atoms with van der Waals surface area (Å²) < 4.78 is 0.440. The molecule has 0 unspecified atom stereocenters. The average Bonchev–Trinajstić information content (AvgIpc) is 2.15. The van der Waals surface area contributed by atoms with Crippen LogP contribution in [-0.2, 0) is 0 Å². The summed E-state index contributed by atoms with van der Waals surface area (Å²) in [6.07, 6.45) is 1.72. The minimum absolute atomic E-state index is 0.440. The molecule has 1 aromatic heterocycles.